The number of aromatic nitrogens is 2. The Morgan fingerprint density at radius 2 is 2.18 bits per heavy atom. The quantitative estimate of drug-likeness (QED) is 0.875. The van der Waals surface area contributed by atoms with Gasteiger partial charge in [-0.05, 0) is 26.7 Å². The highest BCUT2D eigenvalue weighted by Crippen LogP contribution is 2.24. The average molecular weight is 235 g/mol. The van der Waals surface area contributed by atoms with E-state index in [1.165, 1.54) is 19.3 Å². The SMILES string of the molecule is CCN(C(=O)c1cn[nH]c1C)C1CCCCC1. The van der Waals surface area contributed by atoms with Gasteiger partial charge in [-0.15, -0.1) is 0 Å². The lowest BCUT2D eigenvalue weighted by Gasteiger charge is -2.33. The van der Waals surface area contributed by atoms with Gasteiger partial charge in [-0.2, -0.15) is 5.10 Å². The minimum atomic E-state index is 0.130. The fourth-order valence-corrected chi connectivity index (χ4v) is 2.68. The summed E-state index contributed by atoms with van der Waals surface area (Å²) in [4.78, 5) is 14.4. The molecule has 0 saturated heterocycles. The number of amides is 1. The Bertz CT molecular complexity index is 380. The first-order valence-corrected chi connectivity index (χ1v) is 6.55. The van der Waals surface area contributed by atoms with E-state index in [4.69, 9.17) is 0 Å². The molecule has 4 nitrogen and oxygen atoms in total. The molecule has 0 aromatic carbocycles. The summed E-state index contributed by atoms with van der Waals surface area (Å²) in [5, 5.41) is 6.77. The molecule has 17 heavy (non-hydrogen) atoms. The van der Waals surface area contributed by atoms with Gasteiger partial charge in [0.1, 0.15) is 0 Å². The van der Waals surface area contributed by atoms with E-state index in [0.29, 0.717) is 6.04 Å². The molecule has 1 amide bonds. The number of rotatable bonds is 3. The Morgan fingerprint density at radius 3 is 2.71 bits per heavy atom. The van der Waals surface area contributed by atoms with E-state index >= 15 is 0 Å². The summed E-state index contributed by atoms with van der Waals surface area (Å²) in [5.41, 5.74) is 1.58. The van der Waals surface area contributed by atoms with Gasteiger partial charge in [0.2, 0.25) is 0 Å². The molecule has 1 saturated carbocycles. The third-order valence-corrected chi connectivity index (χ3v) is 3.68. The summed E-state index contributed by atoms with van der Waals surface area (Å²) in [5.74, 6) is 0.130. The summed E-state index contributed by atoms with van der Waals surface area (Å²) in [6, 6.07) is 0.426. The van der Waals surface area contributed by atoms with E-state index in [1.807, 2.05) is 11.8 Å². The van der Waals surface area contributed by atoms with Gasteiger partial charge in [0.15, 0.2) is 0 Å². The predicted molar refractivity (Wildman–Crippen MR) is 66.9 cm³/mol. The summed E-state index contributed by atoms with van der Waals surface area (Å²) in [6.07, 6.45) is 7.75. The Kier molecular flexibility index (Phi) is 3.82. The van der Waals surface area contributed by atoms with Crippen molar-refractivity contribution < 1.29 is 4.79 Å². The van der Waals surface area contributed by atoms with Crippen LogP contribution in [-0.4, -0.2) is 33.6 Å². The first-order chi connectivity index (χ1) is 8.24. The standard InChI is InChI=1S/C13H21N3O/c1-3-16(11-7-5-4-6-8-11)13(17)12-9-14-15-10(12)2/h9,11H,3-8H2,1-2H3,(H,14,15). The van der Waals surface area contributed by atoms with Crippen molar-refractivity contribution in [3.8, 4) is 0 Å². The molecule has 4 heteroatoms. The van der Waals surface area contributed by atoms with Gasteiger partial charge in [-0.3, -0.25) is 9.89 Å². The summed E-state index contributed by atoms with van der Waals surface area (Å²) in [7, 11) is 0. The van der Waals surface area contributed by atoms with Gasteiger partial charge in [-0.25, -0.2) is 0 Å². The van der Waals surface area contributed by atoms with E-state index in [-0.39, 0.29) is 5.91 Å². The van der Waals surface area contributed by atoms with Crippen LogP contribution < -0.4 is 0 Å². The van der Waals surface area contributed by atoms with Gasteiger partial charge in [0.05, 0.1) is 11.8 Å². The van der Waals surface area contributed by atoms with Crippen LogP contribution in [0.2, 0.25) is 0 Å². The molecule has 0 bridgehead atoms. The monoisotopic (exact) mass is 235 g/mol. The zero-order valence-electron chi connectivity index (χ0n) is 10.7. The lowest BCUT2D eigenvalue weighted by Crippen LogP contribution is -2.41. The zero-order valence-corrected chi connectivity index (χ0v) is 10.7. The number of carbonyl (C=O) groups is 1. The van der Waals surface area contributed by atoms with E-state index in [9.17, 15) is 4.79 Å². The van der Waals surface area contributed by atoms with E-state index in [2.05, 4.69) is 17.1 Å². The predicted octanol–water partition coefficient (Wildman–Crippen LogP) is 2.51. The van der Waals surface area contributed by atoms with E-state index in [1.54, 1.807) is 6.20 Å². The number of H-pyrrole nitrogens is 1. The van der Waals surface area contributed by atoms with Crippen molar-refractivity contribution in [1.82, 2.24) is 15.1 Å². The van der Waals surface area contributed by atoms with Crippen molar-refractivity contribution >= 4 is 5.91 Å². The van der Waals surface area contributed by atoms with Gasteiger partial charge >= 0.3 is 0 Å². The number of aryl methyl sites for hydroxylation is 1. The second kappa shape index (κ2) is 5.34. The molecular formula is C13H21N3O. The van der Waals surface area contributed by atoms with Gasteiger partial charge in [-0.1, -0.05) is 19.3 Å². The van der Waals surface area contributed by atoms with Crippen LogP contribution in [0, 0.1) is 6.92 Å². The molecule has 1 fully saturated rings. The molecular weight excluding hydrogens is 214 g/mol. The van der Waals surface area contributed by atoms with Crippen LogP contribution in [0.1, 0.15) is 55.1 Å². The fourth-order valence-electron chi connectivity index (χ4n) is 2.68. The molecule has 1 aliphatic carbocycles. The van der Waals surface area contributed by atoms with Crippen molar-refractivity contribution in [1.29, 1.82) is 0 Å². The third kappa shape index (κ3) is 2.51. The van der Waals surface area contributed by atoms with Crippen molar-refractivity contribution in [3.63, 3.8) is 0 Å². The molecule has 94 valence electrons. The second-order valence-corrected chi connectivity index (χ2v) is 4.79. The van der Waals surface area contributed by atoms with Crippen LogP contribution in [0.3, 0.4) is 0 Å². The number of nitrogens with one attached hydrogen (secondary N) is 1. The van der Waals surface area contributed by atoms with Crippen LogP contribution in [0.5, 0.6) is 0 Å². The Morgan fingerprint density at radius 1 is 1.47 bits per heavy atom. The van der Waals surface area contributed by atoms with Crippen LogP contribution >= 0.6 is 0 Å². The fraction of sp³-hybridized carbons (Fsp3) is 0.692. The summed E-state index contributed by atoms with van der Waals surface area (Å²) < 4.78 is 0. The smallest absolute Gasteiger partial charge is 0.257 e. The van der Waals surface area contributed by atoms with Crippen LogP contribution in [0.15, 0.2) is 6.20 Å². The minimum Gasteiger partial charge on any atom is -0.336 e. The summed E-state index contributed by atoms with van der Waals surface area (Å²) in [6.45, 7) is 4.74. The molecule has 1 aromatic rings. The largest absolute Gasteiger partial charge is 0.336 e. The molecule has 0 radical (unpaired) electrons. The normalized spacial score (nSPS) is 17.1. The first-order valence-electron chi connectivity index (χ1n) is 6.55. The van der Waals surface area contributed by atoms with Crippen molar-refractivity contribution in [2.75, 3.05) is 6.54 Å². The lowest BCUT2D eigenvalue weighted by molar-refractivity contribution is 0.0647. The molecule has 0 unspecified atom stereocenters. The molecule has 1 N–H and O–H groups in total. The highest BCUT2D eigenvalue weighted by Gasteiger charge is 2.26. The van der Waals surface area contributed by atoms with Crippen LogP contribution in [0.25, 0.3) is 0 Å². The summed E-state index contributed by atoms with van der Waals surface area (Å²) >= 11 is 0. The molecule has 1 aromatic heterocycles. The van der Waals surface area contributed by atoms with E-state index < -0.39 is 0 Å². The molecule has 0 aliphatic heterocycles. The van der Waals surface area contributed by atoms with Crippen molar-refractivity contribution in [2.45, 2.75) is 52.0 Å². The maximum atomic E-state index is 12.4. The van der Waals surface area contributed by atoms with Gasteiger partial charge in [0.25, 0.3) is 5.91 Å². The van der Waals surface area contributed by atoms with Gasteiger partial charge < -0.3 is 4.90 Å². The molecule has 0 spiro atoms. The lowest BCUT2D eigenvalue weighted by atomic mass is 9.94. The van der Waals surface area contributed by atoms with Crippen molar-refractivity contribution in [2.24, 2.45) is 0 Å². The average Bonchev–Trinajstić information content (AvgIpc) is 2.77. The molecule has 1 aliphatic rings. The molecule has 0 atom stereocenters. The molecule has 1 heterocycles. The Balaban J connectivity index is 2.12. The van der Waals surface area contributed by atoms with Crippen molar-refractivity contribution in [3.05, 3.63) is 17.5 Å². The van der Waals surface area contributed by atoms with Crippen LogP contribution in [-0.2, 0) is 0 Å². The maximum absolute atomic E-state index is 12.4. The zero-order chi connectivity index (χ0) is 12.3. The minimum absolute atomic E-state index is 0.130. The molecule has 2 rings (SSSR count). The van der Waals surface area contributed by atoms with E-state index in [0.717, 1.165) is 30.6 Å². The Labute approximate surface area is 102 Å². The third-order valence-electron chi connectivity index (χ3n) is 3.68. The Hall–Kier alpha value is -1.32. The second-order valence-electron chi connectivity index (χ2n) is 4.79. The topological polar surface area (TPSA) is 49.0 Å². The number of hydrogen-bond acceptors (Lipinski definition) is 2. The number of hydrogen-bond donors (Lipinski definition) is 1. The highest BCUT2D eigenvalue weighted by molar-refractivity contribution is 5.95. The number of carbonyl (C=O) groups excluding carboxylic acids is 1. The highest BCUT2D eigenvalue weighted by atomic mass is 16.2. The first kappa shape index (κ1) is 12.1. The number of aromatic amines is 1. The number of nitrogens with zero attached hydrogens (tertiary/aromatic N) is 2. The van der Waals surface area contributed by atoms with Gasteiger partial charge in [0, 0.05) is 18.3 Å². The maximum Gasteiger partial charge on any atom is 0.257 e. The van der Waals surface area contributed by atoms with Crippen LogP contribution in [0.4, 0.5) is 0 Å².